The van der Waals surface area contributed by atoms with Crippen molar-refractivity contribution in [2.45, 2.75) is 38.7 Å². The second-order valence-electron chi connectivity index (χ2n) is 5.31. The molecule has 19 heavy (non-hydrogen) atoms. The SMILES string of the molecule is COC(=O)C(=C(C)C)N1C(=O)[C@H](C(C)(C)O)[C@H]1SC. The maximum Gasteiger partial charge on any atom is 0.354 e. The number of thioether (sulfide) groups is 1. The first kappa shape index (κ1) is 16.0. The van der Waals surface area contributed by atoms with Crippen molar-refractivity contribution < 1.29 is 19.4 Å². The predicted molar refractivity (Wildman–Crippen MR) is 74.3 cm³/mol. The summed E-state index contributed by atoms with van der Waals surface area (Å²) in [5.74, 6) is -1.28. The maximum absolute atomic E-state index is 12.3. The Labute approximate surface area is 118 Å². The molecule has 6 heteroatoms. The summed E-state index contributed by atoms with van der Waals surface area (Å²) in [6, 6.07) is 0. The van der Waals surface area contributed by atoms with E-state index in [2.05, 4.69) is 0 Å². The Morgan fingerprint density at radius 1 is 1.42 bits per heavy atom. The van der Waals surface area contributed by atoms with Crippen molar-refractivity contribution in [3.63, 3.8) is 0 Å². The molecule has 1 N–H and O–H groups in total. The van der Waals surface area contributed by atoms with Crippen molar-refractivity contribution in [3.8, 4) is 0 Å². The number of amides is 1. The third-order valence-electron chi connectivity index (χ3n) is 3.14. The number of ether oxygens (including phenoxy) is 1. The Balaban J connectivity index is 3.13. The number of carbonyl (C=O) groups is 2. The third kappa shape index (κ3) is 2.79. The lowest BCUT2D eigenvalue weighted by atomic mass is 9.82. The van der Waals surface area contributed by atoms with E-state index in [0.29, 0.717) is 5.57 Å². The molecule has 0 aromatic heterocycles. The Kier molecular flexibility index (Phi) is 4.68. The molecule has 1 rings (SSSR count). The standard InChI is InChI=1S/C13H21NO4S/c1-7(2)9(12(16)18-5)14-10(15)8(11(14)19-6)13(3,4)17/h8,11,17H,1-6H3/t8-,11+/m0/s1. The van der Waals surface area contributed by atoms with E-state index in [-0.39, 0.29) is 17.0 Å². The third-order valence-corrected chi connectivity index (χ3v) is 4.10. The van der Waals surface area contributed by atoms with Gasteiger partial charge in [0.1, 0.15) is 5.70 Å². The van der Waals surface area contributed by atoms with Crippen molar-refractivity contribution in [1.82, 2.24) is 4.90 Å². The highest BCUT2D eigenvalue weighted by atomic mass is 32.2. The Bertz CT molecular complexity index is 421. The van der Waals surface area contributed by atoms with Crippen molar-refractivity contribution in [1.29, 1.82) is 0 Å². The molecule has 1 fully saturated rings. The summed E-state index contributed by atoms with van der Waals surface area (Å²) in [5, 5.41) is 9.80. The van der Waals surface area contributed by atoms with E-state index >= 15 is 0 Å². The van der Waals surface area contributed by atoms with Crippen LogP contribution in [-0.4, -0.2) is 46.2 Å². The molecule has 1 saturated heterocycles. The van der Waals surface area contributed by atoms with E-state index in [4.69, 9.17) is 4.74 Å². The Morgan fingerprint density at radius 2 is 1.95 bits per heavy atom. The van der Waals surface area contributed by atoms with Crippen LogP contribution in [0.2, 0.25) is 0 Å². The lowest BCUT2D eigenvalue weighted by Gasteiger charge is -2.50. The molecular weight excluding hydrogens is 266 g/mol. The number of aliphatic hydroxyl groups is 1. The minimum absolute atomic E-state index is 0.242. The van der Waals surface area contributed by atoms with E-state index in [1.165, 1.54) is 23.8 Å². The van der Waals surface area contributed by atoms with Gasteiger partial charge < -0.3 is 9.84 Å². The van der Waals surface area contributed by atoms with Gasteiger partial charge in [-0.1, -0.05) is 0 Å². The first-order chi connectivity index (χ1) is 8.66. The van der Waals surface area contributed by atoms with Crippen LogP contribution in [0.15, 0.2) is 11.3 Å². The van der Waals surface area contributed by atoms with Gasteiger partial charge in [0.25, 0.3) is 0 Å². The Hall–Kier alpha value is -1.01. The first-order valence-electron chi connectivity index (χ1n) is 6.00. The van der Waals surface area contributed by atoms with Crippen LogP contribution >= 0.6 is 11.8 Å². The number of carbonyl (C=O) groups excluding carboxylic acids is 2. The number of nitrogens with zero attached hydrogens (tertiary/aromatic N) is 1. The van der Waals surface area contributed by atoms with E-state index in [0.717, 1.165) is 0 Å². The fourth-order valence-corrected chi connectivity index (χ4v) is 3.38. The minimum Gasteiger partial charge on any atom is -0.464 e. The predicted octanol–water partition coefficient (Wildman–Crippen LogP) is 1.37. The van der Waals surface area contributed by atoms with Crippen LogP contribution < -0.4 is 0 Å². The molecule has 1 heterocycles. The zero-order valence-corrected chi connectivity index (χ0v) is 13.0. The fraction of sp³-hybridized carbons (Fsp3) is 0.692. The average molecular weight is 287 g/mol. The van der Waals surface area contributed by atoms with Crippen LogP contribution in [0.25, 0.3) is 0 Å². The second kappa shape index (κ2) is 5.54. The molecular formula is C13H21NO4S. The smallest absolute Gasteiger partial charge is 0.354 e. The number of β-lactam (4-membered cyclic amide) rings is 1. The fourth-order valence-electron chi connectivity index (χ4n) is 2.23. The van der Waals surface area contributed by atoms with Gasteiger partial charge in [0.15, 0.2) is 0 Å². The number of allylic oxidation sites excluding steroid dienone is 1. The summed E-state index contributed by atoms with van der Waals surface area (Å²) in [5.41, 5.74) is -0.120. The largest absolute Gasteiger partial charge is 0.464 e. The van der Waals surface area contributed by atoms with Crippen LogP contribution in [0.4, 0.5) is 0 Å². The van der Waals surface area contributed by atoms with Gasteiger partial charge in [-0.15, -0.1) is 11.8 Å². The van der Waals surface area contributed by atoms with Crippen LogP contribution in [0, 0.1) is 5.92 Å². The first-order valence-corrected chi connectivity index (χ1v) is 7.29. The lowest BCUT2D eigenvalue weighted by molar-refractivity contribution is -0.164. The highest BCUT2D eigenvalue weighted by Crippen LogP contribution is 2.43. The summed E-state index contributed by atoms with van der Waals surface area (Å²) in [4.78, 5) is 25.5. The van der Waals surface area contributed by atoms with Gasteiger partial charge in [0.2, 0.25) is 5.91 Å². The summed E-state index contributed by atoms with van der Waals surface area (Å²) < 4.78 is 4.73. The summed E-state index contributed by atoms with van der Waals surface area (Å²) in [7, 11) is 1.29. The maximum atomic E-state index is 12.3. The van der Waals surface area contributed by atoms with E-state index in [1.807, 2.05) is 6.26 Å². The van der Waals surface area contributed by atoms with Crippen LogP contribution in [0.5, 0.6) is 0 Å². The van der Waals surface area contributed by atoms with Gasteiger partial charge in [0, 0.05) is 0 Å². The van der Waals surface area contributed by atoms with Gasteiger partial charge in [-0.2, -0.15) is 0 Å². The number of likely N-dealkylation sites (tertiary alicyclic amines) is 1. The number of hydrogen-bond donors (Lipinski definition) is 1. The molecule has 0 aromatic carbocycles. The van der Waals surface area contributed by atoms with Crippen LogP contribution in [0.3, 0.4) is 0 Å². The summed E-state index contributed by atoms with van der Waals surface area (Å²) in [6.07, 6.45) is 1.85. The van der Waals surface area contributed by atoms with Gasteiger partial charge in [-0.25, -0.2) is 4.79 Å². The molecule has 0 saturated carbocycles. The zero-order valence-electron chi connectivity index (χ0n) is 12.2. The van der Waals surface area contributed by atoms with Crippen molar-refractivity contribution in [2.24, 2.45) is 5.92 Å². The summed E-state index contributed by atoms with van der Waals surface area (Å²) in [6.45, 7) is 6.73. The zero-order chi connectivity index (χ0) is 15.0. The molecule has 1 aliphatic rings. The van der Waals surface area contributed by atoms with Gasteiger partial charge in [-0.3, -0.25) is 9.69 Å². The number of methoxy groups -OCH3 is 1. The van der Waals surface area contributed by atoms with E-state index in [9.17, 15) is 14.7 Å². The molecule has 0 bridgehead atoms. The van der Waals surface area contributed by atoms with Gasteiger partial charge in [-0.05, 0) is 39.5 Å². The number of rotatable bonds is 4. The normalized spacial score (nSPS) is 22.9. The summed E-state index contributed by atoms with van der Waals surface area (Å²) >= 11 is 1.44. The molecule has 0 unspecified atom stereocenters. The molecule has 108 valence electrons. The minimum atomic E-state index is -1.11. The molecule has 0 radical (unpaired) electrons. The van der Waals surface area contributed by atoms with Crippen LogP contribution in [0.1, 0.15) is 27.7 Å². The molecule has 0 spiro atoms. The number of hydrogen-bond acceptors (Lipinski definition) is 5. The van der Waals surface area contributed by atoms with Crippen molar-refractivity contribution in [2.75, 3.05) is 13.4 Å². The van der Waals surface area contributed by atoms with Gasteiger partial charge in [0.05, 0.1) is 24.0 Å². The Morgan fingerprint density at radius 3 is 2.26 bits per heavy atom. The molecule has 0 aliphatic carbocycles. The van der Waals surface area contributed by atoms with E-state index in [1.54, 1.807) is 27.7 Å². The van der Waals surface area contributed by atoms with Gasteiger partial charge >= 0.3 is 5.97 Å². The highest BCUT2D eigenvalue weighted by molar-refractivity contribution is 7.99. The highest BCUT2D eigenvalue weighted by Gasteiger charge is 2.56. The topological polar surface area (TPSA) is 66.8 Å². The molecule has 5 nitrogen and oxygen atoms in total. The average Bonchev–Trinajstić information content (AvgIpc) is 2.28. The number of esters is 1. The molecule has 0 aromatic rings. The van der Waals surface area contributed by atoms with E-state index < -0.39 is 17.5 Å². The second-order valence-corrected chi connectivity index (χ2v) is 6.26. The van der Waals surface area contributed by atoms with Crippen molar-refractivity contribution in [3.05, 3.63) is 11.3 Å². The quantitative estimate of drug-likeness (QED) is 0.480. The molecule has 1 amide bonds. The molecule has 1 aliphatic heterocycles. The van der Waals surface area contributed by atoms with Crippen molar-refractivity contribution >= 4 is 23.6 Å². The molecule has 2 atom stereocenters. The lowest BCUT2D eigenvalue weighted by Crippen LogP contribution is -2.66. The monoisotopic (exact) mass is 287 g/mol. The van der Waals surface area contributed by atoms with Crippen LogP contribution in [-0.2, 0) is 14.3 Å².